The van der Waals surface area contributed by atoms with Gasteiger partial charge in [0.25, 0.3) is 0 Å². The van der Waals surface area contributed by atoms with Gasteiger partial charge in [0.1, 0.15) is 0 Å². The molecule has 1 aromatic carbocycles. The third-order valence-electron chi connectivity index (χ3n) is 3.62. The van der Waals surface area contributed by atoms with Gasteiger partial charge in [-0.2, -0.15) is 0 Å². The molecule has 0 amide bonds. The molecule has 110 valence electrons. The van der Waals surface area contributed by atoms with Gasteiger partial charge >= 0.3 is 138 Å². The van der Waals surface area contributed by atoms with Crippen molar-refractivity contribution in [2.75, 3.05) is 5.73 Å². The van der Waals surface area contributed by atoms with Crippen molar-refractivity contribution in [3.05, 3.63) is 41.6 Å². The SMILES string of the molecule is CCCc1nc([As])nc2ccc(-c3ccc(N)cc3C)nc12. The van der Waals surface area contributed by atoms with E-state index < -0.39 is 0 Å². The number of aryl methyl sites for hydroxylation is 2. The van der Waals surface area contributed by atoms with Crippen LogP contribution in [0.15, 0.2) is 30.3 Å². The summed E-state index contributed by atoms with van der Waals surface area (Å²) in [6.45, 7) is 4.19. The van der Waals surface area contributed by atoms with Crippen LogP contribution in [0.1, 0.15) is 24.6 Å². The first kappa shape index (κ1) is 15.0. The standard InChI is InChI=1S/C17H17AsN4/c1-3-4-14-16-15(22-17(18)21-14)8-7-13(20-16)12-6-5-11(19)9-10(12)2/h5-9H,3-4,19H2,1-2H3. The molecule has 0 aliphatic heterocycles. The van der Waals surface area contributed by atoms with E-state index in [4.69, 9.17) is 10.7 Å². The summed E-state index contributed by atoms with van der Waals surface area (Å²) < 4.78 is 0.738. The predicted molar refractivity (Wildman–Crippen MR) is 91.3 cm³/mol. The molecule has 3 aromatic rings. The molecule has 2 heterocycles. The Hall–Kier alpha value is -1.93. The molecule has 0 saturated heterocycles. The summed E-state index contributed by atoms with van der Waals surface area (Å²) in [6, 6.07) is 9.92. The second-order valence-corrected chi connectivity index (χ2v) is 6.20. The molecule has 2 aromatic heterocycles. The van der Waals surface area contributed by atoms with Crippen LogP contribution in [0.2, 0.25) is 0 Å². The fourth-order valence-corrected chi connectivity index (χ4v) is 3.08. The second kappa shape index (κ2) is 6.05. The second-order valence-electron chi connectivity index (χ2n) is 5.36. The van der Waals surface area contributed by atoms with Gasteiger partial charge < -0.3 is 0 Å². The van der Waals surface area contributed by atoms with Gasteiger partial charge in [-0.05, 0) is 0 Å². The van der Waals surface area contributed by atoms with Gasteiger partial charge in [0.15, 0.2) is 0 Å². The normalized spacial score (nSPS) is 11.0. The van der Waals surface area contributed by atoms with Gasteiger partial charge in [-0.1, -0.05) is 0 Å². The summed E-state index contributed by atoms with van der Waals surface area (Å²) in [5.41, 5.74) is 12.5. The third kappa shape index (κ3) is 2.84. The molecule has 3 rings (SSSR count). The summed E-state index contributed by atoms with van der Waals surface area (Å²) in [5.74, 6) is 0. The molecule has 4 nitrogen and oxygen atoms in total. The Bertz CT molecular complexity index is 845. The van der Waals surface area contributed by atoms with Gasteiger partial charge in [-0.3, -0.25) is 0 Å². The van der Waals surface area contributed by atoms with Gasteiger partial charge in [-0.25, -0.2) is 0 Å². The third-order valence-corrected chi connectivity index (χ3v) is 4.04. The number of hydrogen-bond donors (Lipinski definition) is 1. The Morgan fingerprint density at radius 2 is 1.91 bits per heavy atom. The Morgan fingerprint density at radius 1 is 1.09 bits per heavy atom. The minimum absolute atomic E-state index is 0.738. The van der Waals surface area contributed by atoms with Crippen molar-refractivity contribution in [3.63, 3.8) is 0 Å². The molecule has 2 radical (unpaired) electrons. The predicted octanol–water partition coefficient (Wildman–Crippen LogP) is 2.33. The van der Waals surface area contributed by atoms with Gasteiger partial charge in [0.05, 0.1) is 0 Å². The van der Waals surface area contributed by atoms with Crippen molar-refractivity contribution in [1.82, 2.24) is 15.0 Å². The van der Waals surface area contributed by atoms with E-state index in [1.54, 1.807) is 0 Å². The first-order valence-corrected chi connectivity index (χ1v) is 8.25. The van der Waals surface area contributed by atoms with Crippen molar-refractivity contribution < 1.29 is 0 Å². The maximum absolute atomic E-state index is 5.83. The van der Waals surface area contributed by atoms with E-state index in [1.165, 1.54) is 0 Å². The Labute approximate surface area is 138 Å². The fraction of sp³-hybridized carbons (Fsp3) is 0.235. The maximum atomic E-state index is 5.83. The molecule has 0 aliphatic rings. The zero-order chi connectivity index (χ0) is 15.7. The van der Waals surface area contributed by atoms with Crippen molar-refractivity contribution >= 4 is 38.2 Å². The number of aromatic nitrogens is 3. The van der Waals surface area contributed by atoms with Crippen LogP contribution in [0.25, 0.3) is 22.3 Å². The summed E-state index contributed by atoms with van der Waals surface area (Å²) in [4.78, 5) is 13.8. The molecular formula is C17H17AsN4. The van der Waals surface area contributed by atoms with Crippen molar-refractivity contribution in [1.29, 1.82) is 0 Å². The number of benzene rings is 1. The van der Waals surface area contributed by atoms with E-state index in [1.807, 2.05) is 37.3 Å². The molecule has 0 spiro atoms. The van der Waals surface area contributed by atoms with Crippen molar-refractivity contribution in [2.45, 2.75) is 26.7 Å². The summed E-state index contributed by atoms with van der Waals surface area (Å²) >= 11 is 2.41. The zero-order valence-electron chi connectivity index (χ0n) is 12.7. The molecule has 5 heteroatoms. The molecular weight excluding hydrogens is 335 g/mol. The number of nitrogens with zero attached hydrogens (tertiary/aromatic N) is 3. The van der Waals surface area contributed by atoms with E-state index in [2.05, 4.69) is 33.7 Å². The van der Waals surface area contributed by atoms with Crippen LogP contribution in [0, 0.1) is 6.92 Å². The van der Waals surface area contributed by atoms with Crippen LogP contribution in [-0.2, 0) is 6.42 Å². The van der Waals surface area contributed by atoms with E-state index in [0.29, 0.717) is 0 Å². The first-order chi connectivity index (χ1) is 10.6. The Kier molecular flexibility index (Phi) is 4.12. The molecule has 22 heavy (non-hydrogen) atoms. The average molecular weight is 352 g/mol. The average Bonchev–Trinajstić information content (AvgIpc) is 2.47. The molecule has 0 bridgehead atoms. The summed E-state index contributed by atoms with van der Waals surface area (Å²) in [6.07, 6.45) is 1.94. The van der Waals surface area contributed by atoms with Crippen molar-refractivity contribution in [3.8, 4) is 11.3 Å². The molecule has 0 saturated carbocycles. The van der Waals surface area contributed by atoms with E-state index in [9.17, 15) is 0 Å². The number of fused-ring (bicyclic) bond motifs is 1. The Balaban J connectivity index is 2.20. The first-order valence-electron chi connectivity index (χ1n) is 7.31. The quantitative estimate of drug-likeness (QED) is 0.580. The van der Waals surface area contributed by atoms with E-state index >= 15 is 0 Å². The number of pyridine rings is 1. The number of nitrogens with two attached hydrogens (primary N) is 1. The van der Waals surface area contributed by atoms with Crippen LogP contribution in [0.5, 0.6) is 0 Å². The number of hydrogen-bond acceptors (Lipinski definition) is 4. The summed E-state index contributed by atoms with van der Waals surface area (Å²) in [5, 5.41) is 0. The zero-order valence-corrected chi connectivity index (χ0v) is 14.5. The van der Waals surface area contributed by atoms with Crippen LogP contribution in [-0.4, -0.2) is 31.8 Å². The van der Waals surface area contributed by atoms with Crippen LogP contribution in [0.4, 0.5) is 5.69 Å². The van der Waals surface area contributed by atoms with E-state index in [0.717, 1.165) is 56.7 Å². The van der Waals surface area contributed by atoms with Crippen LogP contribution < -0.4 is 10.3 Å². The topological polar surface area (TPSA) is 64.7 Å². The monoisotopic (exact) mass is 352 g/mol. The van der Waals surface area contributed by atoms with Gasteiger partial charge in [0, 0.05) is 0 Å². The summed E-state index contributed by atoms with van der Waals surface area (Å²) in [7, 11) is 0. The molecule has 0 aliphatic carbocycles. The fourth-order valence-electron chi connectivity index (χ4n) is 2.60. The van der Waals surface area contributed by atoms with Crippen LogP contribution in [0.3, 0.4) is 0 Å². The number of nitrogen functional groups attached to an aromatic ring is 1. The van der Waals surface area contributed by atoms with Gasteiger partial charge in [-0.15, -0.1) is 0 Å². The minimum atomic E-state index is 0.738. The van der Waals surface area contributed by atoms with E-state index in [-0.39, 0.29) is 0 Å². The molecule has 2 N–H and O–H groups in total. The molecule has 0 atom stereocenters. The molecule has 0 fully saturated rings. The van der Waals surface area contributed by atoms with Gasteiger partial charge in [0.2, 0.25) is 0 Å². The van der Waals surface area contributed by atoms with Crippen molar-refractivity contribution in [2.24, 2.45) is 0 Å². The Morgan fingerprint density at radius 3 is 2.64 bits per heavy atom. The number of rotatable bonds is 3. The molecule has 0 unspecified atom stereocenters. The van der Waals surface area contributed by atoms with Crippen LogP contribution >= 0.6 is 0 Å². The number of anilines is 1.